The summed E-state index contributed by atoms with van der Waals surface area (Å²) < 4.78 is 0. The normalized spacial score (nSPS) is 20.8. The van der Waals surface area contributed by atoms with Gasteiger partial charge >= 0.3 is 0 Å². The predicted octanol–water partition coefficient (Wildman–Crippen LogP) is 4.20. The molecule has 0 aromatic heterocycles. The Bertz CT molecular complexity index is 757. The first-order valence-corrected chi connectivity index (χ1v) is 9.81. The molecule has 0 bridgehead atoms. The van der Waals surface area contributed by atoms with Gasteiger partial charge in [-0.25, -0.2) is 0 Å². The monoisotopic (exact) mass is 347 g/mol. The molecule has 0 saturated carbocycles. The number of piperidine rings is 1. The first kappa shape index (κ1) is 17.2. The van der Waals surface area contributed by atoms with E-state index in [0.717, 1.165) is 13.1 Å². The Morgan fingerprint density at radius 1 is 1.04 bits per heavy atom. The second kappa shape index (κ2) is 7.55. The number of fused-ring (bicyclic) bond motifs is 1. The Kier molecular flexibility index (Phi) is 4.98. The summed E-state index contributed by atoms with van der Waals surface area (Å²) in [5.41, 5.74) is 11.1. The lowest BCUT2D eigenvalue weighted by Crippen LogP contribution is -2.43. The Labute approximate surface area is 157 Å². The topological polar surface area (TPSA) is 32.5 Å². The van der Waals surface area contributed by atoms with Gasteiger partial charge in [0.2, 0.25) is 0 Å². The zero-order chi connectivity index (χ0) is 17.9. The van der Waals surface area contributed by atoms with Crippen LogP contribution in [0.15, 0.2) is 54.7 Å². The van der Waals surface area contributed by atoms with Crippen LogP contribution in [0.4, 0.5) is 5.69 Å². The van der Waals surface area contributed by atoms with Crippen molar-refractivity contribution in [2.24, 2.45) is 5.73 Å². The summed E-state index contributed by atoms with van der Waals surface area (Å²) in [6.07, 6.45) is 6.94. The van der Waals surface area contributed by atoms with Crippen molar-refractivity contribution >= 4 is 11.8 Å². The average Bonchev–Trinajstić information content (AvgIpc) is 3.04. The van der Waals surface area contributed by atoms with Crippen molar-refractivity contribution in [3.63, 3.8) is 0 Å². The molecule has 1 atom stereocenters. The zero-order valence-electron chi connectivity index (χ0n) is 15.6. The van der Waals surface area contributed by atoms with Gasteiger partial charge in [-0.05, 0) is 47.9 Å². The van der Waals surface area contributed by atoms with E-state index in [1.807, 2.05) is 0 Å². The Balaban J connectivity index is 1.35. The van der Waals surface area contributed by atoms with Crippen molar-refractivity contribution in [3.05, 3.63) is 71.4 Å². The number of likely N-dealkylation sites (tertiary alicyclic amines) is 1. The summed E-state index contributed by atoms with van der Waals surface area (Å²) in [6.45, 7) is 6.40. The molecule has 26 heavy (non-hydrogen) atoms. The maximum absolute atomic E-state index is 5.66. The molecule has 2 aromatic rings. The van der Waals surface area contributed by atoms with Gasteiger partial charge in [-0.2, -0.15) is 0 Å². The summed E-state index contributed by atoms with van der Waals surface area (Å²) in [4.78, 5) is 5.12. The second-order valence-corrected chi connectivity index (χ2v) is 7.64. The maximum atomic E-state index is 5.66. The van der Waals surface area contributed by atoms with Crippen molar-refractivity contribution < 1.29 is 0 Å². The number of hydrogen-bond donors (Lipinski definition) is 1. The number of nitrogens with zero attached hydrogens (tertiary/aromatic N) is 2. The SMILES string of the molecule is CC1CN(C2CCN(C=Cc3ccc(CN)cc3)CC2)c2ccccc21. The molecule has 3 heteroatoms. The molecule has 1 fully saturated rings. The van der Waals surface area contributed by atoms with Crippen LogP contribution in [0.3, 0.4) is 0 Å². The van der Waals surface area contributed by atoms with Crippen LogP contribution in [0.25, 0.3) is 6.08 Å². The molecule has 1 unspecified atom stereocenters. The predicted molar refractivity (Wildman–Crippen MR) is 110 cm³/mol. The van der Waals surface area contributed by atoms with Gasteiger partial charge in [0.1, 0.15) is 0 Å². The molecule has 2 aliphatic rings. The van der Waals surface area contributed by atoms with E-state index in [0.29, 0.717) is 18.5 Å². The minimum atomic E-state index is 0.607. The van der Waals surface area contributed by atoms with E-state index in [9.17, 15) is 0 Å². The van der Waals surface area contributed by atoms with Crippen LogP contribution in [0, 0.1) is 0 Å². The van der Waals surface area contributed by atoms with Gasteiger partial charge in [0.05, 0.1) is 0 Å². The van der Waals surface area contributed by atoms with Crippen LogP contribution in [-0.4, -0.2) is 30.6 Å². The van der Waals surface area contributed by atoms with Crippen molar-refractivity contribution in [2.75, 3.05) is 24.5 Å². The minimum absolute atomic E-state index is 0.607. The maximum Gasteiger partial charge on any atom is 0.0404 e. The van der Waals surface area contributed by atoms with E-state index >= 15 is 0 Å². The molecule has 2 aromatic carbocycles. The highest BCUT2D eigenvalue weighted by Crippen LogP contribution is 2.38. The number of anilines is 1. The third-order valence-corrected chi connectivity index (χ3v) is 5.88. The van der Waals surface area contributed by atoms with Crippen molar-refractivity contribution in [3.8, 4) is 0 Å². The standard InChI is InChI=1S/C23H29N3/c1-18-17-26(23-5-3-2-4-22(18)23)21-11-14-25(15-12-21)13-10-19-6-8-20(16-24)9-7-19/h2-10,13,18,21H,11-12,14-17,24H2,1H3. The second-order valence-electron chi connectivity index (χ2n) is 7.64. The van der Waals surface area contributed by atoms with Gasteiger partial charge in [0, 0.05) is 43.8 Å². The first-order chi connectivity index (χ1) is 12.7. The fourth-order valence-corrected chi connectivity index (χ4v) is 4.31. The highest BCUT2D eigenvalue weighted by molar-refractivity contribution is 5.60. The van der Waals surface area contributed by atoms with E-state index in [2.05, 4.69) is 77.5 Å². The molecule has 4 rings (SSSR count). The van der Waals surface area contributed by atoms with E-state index in [1.54, 1.807) is 0 Å². The smallest absolute Gasteiger partial charge is 0.0404 e. The summed E-state index contributed by atoms with van der Waals surface area (Å²) >= 11 is 0. The molecule has 0 aliphatic carbocycles. The van der Waals surface area contributed by atoms with Gasteiger partial charge in [0.15, 0.2) is 0 Å². The highest BCUT2D eigenvalue weighted by Gasteiger charge is 2.31. The number of para-hydroxylation sites is 1. The van der Waals surface area contributed by atoms with Gasteiger partial charge in [-0.1, -0.05) is 49.4 Å². The molecule has 136 valence electrons. The van der Waals surface area contributed by atoms with Crippen molar-refractivity contribution in [1.82, 2.24) is 4.90 Å². The fourth-order valence-electron chi connectivity index (χ4n) is 4.31. The van der Waals surface area contributed by atoms with Gasteiger partial charge in [-0.3, -0.25) is 0 Å². The minimum Gasteiger partial charge on any atom is -0.377 e. The molecule has 1 saturated heterocycles. The van der Waals surface area contributed by atoms with Crippen LogP contribution in [0.5, 0.6) is 0 Å². The number of nitrogens with two attached hydrogens (primary N) is 1. The highest BCUT2D eigenvalue weighted by atomic mass is 15.2. The van der Waals surface area contributed by atoms with Crippen LogP contribution >= 0.6 is 0 Å². The summed E-state index contributed by atoms with van der Waals surface area (Å²) in [6, 6.07) is 18.1. The molecule has 2 N–H and O–H groups in total. The van der Waals surface area contributed by atoms with E-state index < -0.39 is 0 Å². The number of rotatable bonds is 4. The number of benzene rings is 2. The van der Waals surface area contributed by atoms with Crippen LogP contribution in [0.2, 0.25) is 0 Å². The fraction of sp³-hybridized carbons (Fsp3) is 0.391. The third-order valence-electron chi connectivity index (χ3n) is 5.88. The molecule has 2 aliphatic heterocycles. The molecule has 0 amide bonds. The quantitative estimate of drug-likeness (QED) is 0.899. The summed E-state index contributed by atoms with van der Waals surface area (Å²) in [5.74, 6) is 0.653. The molecule has 3 nitrogen and oxygen atoms in total. The lowest BCUT2D eigenvalue weighted by Gasteiger charge is -2.38. The average molecular weight is 348 g/mol. The van der Waals surface area contributed by atoms with E-state index in [1.165, 1.54) is 41.8 Å². The van der Waals surface area contributed by atoms with Crippen molar-refractivity contribution in [2.45, 2.75) is 38.3 Å². The summed E-state index contributed by atoms with van der Waals surface area (Å²) in [5, 5.41) is 0. The van der Waals surface area contributed by atoms with Crippen LogP contribution < -0.4 is 10.6 Å². The van der Waals surface area contributed by atoms with Crippen LogP contribution in [-0.2, 0) is 6.54 Å². The van der Waals surface area contributed by atoms with E-state index in [-0.39, 0.29) is 0 Å². The first-order valence-electron chi connectivity index (χ1n) is 9.81. The zero-order valence-corrected chi connectivity index (χ0v) is 15.6. The van der Waals surface area contributed by atoms with Gasteiger partial charge in [-0.15, -0.1) is 0 Å². The third kappa shape index (κ3) is 3.49. The Morgan fingerprint density at radius 3 is 2.50 bits per heavy atom. The molecule has 2 heterocycles. The Hall–Kier alpha value is -2.26. The molecular formula is C23H29N3. The van der Waals surface area contributed by atoms with Gasteiger partial charge in [0.25, 0.3) is 0 Å². The Morgan fingerprint density at radius 2 is 1.77 bits per heavy atom. The molecular weight excluding hydrogens is 318 g/mol. The van der Waals surface area contributed by atoms with Crippen molar-refractivity contribution in [1.29, 1.82) is 0 Å². The van der Waals surface area contributed by atoms with Gasteiger partial charge < -0.3 is 15.5 Å². The lowest BCUT2D eigenvalue weighted by molar-refractivity contribution is 0.279. The van der Waals surface area contributed by atoms with Crippen LogP contribution in [0.1, 0.15) is 42.4 Å². The summed E-state index contributed by atoms with van der Waals surface area (Å²) in [7, 11) is 0. The molecule has 0 spiro atoms. The van der Waals surface area contributed by atoms with E-state index in [4.69, 9.17) is 5.73 Å². The lowest BCUT2D eigenvalue weighted by atomic mass is 10.0. The molecule has 0 radical (unpaired) electrons. The largest absolute Gasteiger partial charge is 0.377 e. The number of hydrogen-bond acceptors (Lipinski definition) is 3.